The van der Waals surface area contributed by atoms with Gasteiger partial charge in [-0.15, -0.1) is 0 Å². The lowest BCUT2D eigenvalue weighted by molar-refractivity contribution is 1.23. The topological polar surface area (TPSA) is 62.8 Å². The Labute approximate surface area is 83.2 Å². The summed E-state index contributed by atoms with van der Waals surface area (Å²) in [6.07, 6.45) is 0.955. The molecule has 0 saturated carbocycles. The van der Waals surface area contributed by atoms with Crippen molar-refractivity contribution >= 4 is 22.5 Å². The van der Waals surface area contributed by atoms with Crippen LogP contribution in [0.15, 0.2) is 34.0 Å². The highest BCUT2D eigenvalue weighted by molar-refractivity contribution is 6.31. The molecule has 1 aromatic heterocycles. The minimum Gasteiger partial charge on any atom is -0.320 e. The van der Waals surface area contributed by atoms with E-state index in [0.29, 0.717) is 15.9 Å². The Hall–Kier alpha value is -1.68. The van der Waals surface area contributed by atoms with E-state index >= 15 is 0 Å². The first kappa shape index (κ1) is 8.90. The van der Waals surface area contributed by atoms with E-state index < -0.39 is 11.1 Å². The molecule has 0 fully saturated rings. The number of halogens is 1. The highest BCUT2D eigenvalue weighted by Gasteiger charge is 1.98. The smallest absolute Gasteiger partial charge is 0.279 e. The predicted molar refractivity (Wildman–Crippen MR) is 53.6 cm³/mol. The molecule has 0 radical (unpaired) electrons. The number of H-pyrrole nitrogens is 1. The van der Waals surface area contributed by atoms with E-state index in [1.165, 1.54) is 12.1 Å². The average Bonchev–Trinajstić information content (AvgIpc) is 2.26. The van der Waals surface area contributed by atoms with Gasteiger partial charge in [-0.1, -0.05) is 11.6 Å². The maximum Gasteiger partial charge on any atom is 0.279 e. The van der Waals surface area contributed by atoms with E-state index in [0.717, 1.165) is 6.20 Å². The standard InChI is InChI=1S/C9H5ClN2O2/c10-5-1-2-6-7(3-5)12-8(13)4-11-9(6)14/h1-4H,(H,12,13). The molecular weight excluding hydrogens is 204 g/mol. The first-order valence-corrected chi connectivity index (χ1v) is 4.23. The third-order valence-electron chi connectivity index (χ3n) is 1.77. The van der Waals surface area contributed by atoms with Crippen molar-refractivity contribution in [2.75, 3.05) is 0 Å². The molecule has 1 aromatic carbocycles. The summed E-state index contributed by atoms with van der Waals surface area (Å²) in [6, 6.07) is 4.62. The van der Waals surface area contributed by atoms with Crippen molar-refractivity contribution in [3.63, 3.8) is 0 Å². The minimum absolute atomic E-state index is 0.344. The zero-order valence-corrected chi connectivity index (χ0v) is 7.71. The maximum atomic E-state index is 11.3. The van der Waals surface area contributed by atoms with E-state index in [9.17, 15) is 9.59 Å². The fourth-order valence-corrected chi connectivity index (χ4v) is 1.33. The van der Waals surface area contributed by atoms with Gasteiger partial charge in [0.1, 0.15) is 0 Å². The average molecular weight is 209 g/mol. The monoisotopic (exact) mass is 208 g/mol. The number of hydrogen-bond acceptors (Lipinski definition) is 3. The molecule has 0 aliphatic heterocycles. The van der Waals surface area contributed by atoms with Crippen LogP contribution in [0.2, 0.25) is 5.02 Å². The molecule has 2 rings (SSSR count). The summed E-state index contributed by atoms with van der Waals surface area (Å²) in [5.41, 5.74) is -0.487. The molecule has 0 bridgehead atoms. The summed E-state index contributed by atoms with van der Waals surface area (Å²) < 4.78 is 0. The summed E-state index contributed by atoms with van der Waals surface area (Å²) in [6.45, 7) is 0. The van der Waals surface area contributed by atoms with E-state index in [1.807, 2.05) is 0 Å². The van der Waals surface area contributed by atoms with Gasteiger partial charge in [-0.3, -0.25) is 9.59 Å². The van der Waals surface area contributed by atoms with Gasteiger partial charge in [-0.05, 0) is 18.2 Å². The van der Waals surface area contributed by atoms with Gasteiger partial charge in [-0.2, -0.15) is 0 Å². The van der Waals surface area contributed by atoms with Crippen LogP contribution in [0, 0.1) is 0 Å². The van der Waals surface area contributed by atoms with Gasteiger partial charge in [-0.25, -0.2) is 4.98 Å². The number of nitrogens with zero attached hydrogens (tertiary/aromatic N) is 1. The SMILES string of the molecule is O=c1cnc(=O)c2ccc(Cl)cc2[nH]1. The van der Waals surface area contributed by atoms with Crippen LogP contribution in [-0.4, -0.2) is 9.97 Å². The van der Waals surface area contributed by atoms with E-state index in [2.05, 4.69) is 9.97 Å². The molecule has 70 valence electrons. The molecular formula is C9H5ClN2O2. The normalized spacial score (nSPS) is 10.4. The Kier molecular flexibility index (Phi) is 2.05. The summed E-state index contributed by atoms with van der Waals surface area (Å²) in [5, 5.41) is 0.801. The van der Waals surface area contributed by atoms with E-state index in [4.69, 9.17) is 11.6 Å². The lowest BCUT2D eigenvalue weighted by atomic mass is 10.2. The molecule has 2 aromatic rings. The fraction of sp³-hybridized carbons (Fsp3) is 0. The van der Waals surface area contributed by atoms with Crippen LogP contribution >= 0.6 is 11.6 Å². The zero-order chi connectivity index (χ0) is 10.1. The van der Waals surface area contributed by atoms with Gasteiger partial charge in [0.25, 0.3) is 11.1 Å². The number of rotatable bonds is 0. The molecule has 1 N–H and O–H groups in total. The summed E-state index contributed by atoms with van der Waals surface area (Å²) in [5.74, 6) is 0. The van der Waals surface area contributed by atoms with Crippen molar-refractivity contribution in [1.82, 2.24) is 9.97 Å². The van der Waals surface area contributed by atoms with Crippen LogP contribution in [0.4, 0.5) is 0 Å². The highest BCUT2D eigenvalue weighted by Crippen LogP contribution is 2.12. The summed E-state index contributed by atoms with van der Waals surface area (Å²) >= 11 is 5.72. The largest absolute Gasteiger partial charge is 0.320 e. The van der Waals surface area contributed by atoms with Crippen molar-refractivity contribution in [2.45, 2.75) is 0 Å². The van der Waals surface area contributed by atoms with Crippen molar-refractivity contribution in [2.24, 2.45) is 0 Å². The summed E-state index contributed by atoms with van der Waals surface area (Å²) in [4.78, 5) is 28.3. The molecule has 0 atom stereocenters. The van der Waals surface area contributed by atoms with Crippen LogP contribution in [0.3, 0.4) is 0 Å². The number of hydrogen-bond donors (Lipinski definition) is 1. The number of fused-ring (bicyclic) bond motifs is 1. The molecule has 14 heavy (non-hydrogen) atoms. The van der Waals surface area contributed by atoms with Gasteiger partial charge < -0.3 is 4.98 Å². The zero-order valence-electron chi connectivity index (χ0n) is 6.95. The third-order valence-corrected chi connectivity index (χ3v) is 2.00. The Balaban J connectivity index is 3.08. The van der Waals surface area contributed by atoms with Crippen molar-refractivity contribution in [3.8, 4) is 0 Å². The Morgan fingerprint density at radius 2 is 2.07 bits per heavy atom. The van der Waals surface area contributed by atoms with Crippen molar-refractivity contribution < 1.29 is 0 Å². The maximum absolute atomic E-state index is 11.3. The Morgan fingerprint density at radius 3 is 2.86 bits per heavy atom. The Morgan fingerprint density at radius 1 is 1.29 bits per heavy atom. The lowest BCUT2D eigenvalue weighted by Crippen LogP contribution is -2.02. The second-order valence-corrected chi connectivity index (χ2v) is 3.18. The molecule has 0 saturated heterocycles. The molecule has 0 unspecified atom stereocenters. The first-order chi connectivity index (χ1) is 6.66. The quantitative estimate of drug-likeness (QED) is 0.701. The number of aromatic nitrogens is 2. The van der Waals surface area contributed by atoms with Gasteiger partial charge >= 0.3 is 0 Å². The number of aromatic amines is 1. The van der Waals surface area contributed by atoms with Crippen LogP contribution in [-0.2, 0) is 0 Å². The number of nitrogens with one attached hydrogen (secondary N) is 1. The van der Waals surface area contributed by atoms with Crippen LogP contribution in [0.1, 0.15) is 0 Å². The van der Waals surface area contributed by atoms with Crippen LogP contribution < -0.4 is 11.1 Å². The highest BCUT2D eigenvalue weighted by atomic mass is 35.5. The fourth-order valence-electron chi connectivity index (χ4n) is 1.16. The first-order valence-electron chi connectivity index (χ1n) is 3.86. The van der Waals surface area contributed by atoms with Gasteiger partial charge in [0.05, 0.1) is 17.1 Å². The number of benzene rings is 1. The Bertz CT molecular complexity index is 606. The molecule has 0 amide bonds. The molecule has 0 spiro atoms. The van der Waals surface area contributed by atoms with Crippen molar-refractivity contribution in [1.29, 1.82) is 0 Å². The molecule has 5 heteroatoms. The van der Waals surface area contributed by atoms with Gasteiger partial charge in [0.2, 0.25) is 0 Å². The second kappa shape index (κ2) is 3.23. The molecule has 1 heterocycles. The third kappa shape index (κ3) is 1.52. The van der Waals surface area contributed by atoms with E-state index in [-0.39, 0.29) is 0 Å². The predicted octanol–water partition coefficient (Wildman–Crippen LogP) is 0.937. The van der Waals surface area contributed by atoms with Gasteiger partial charge in [0.15, 0.2) is 0 Å². The molecule has 4 nitrogen and oxygen atoms in total. The van der Waals surface area contributed by atoms with Crippen molar-refractivity contribution in [3.05, 3.63) is 50.1 Å². The van der Waals surface area contributed by atoms with Gasteiger partial charge in [0, 0.05) is 5.02 Å². The second-order valence-electron chi connectivity index (χ2n) is 2.74. The lowest BCUT2D eigenvalue weighted by Gasteiger charge is -1.90. The molecule has 0 aliphatic carbocycles. The minimum atomic E-state index is -0.449. The van der Waals surface area contributed by atoms with Crippen LogP contribution in [0.5, 0.6) is 0 Å². The van der Waals surface area contributed by atoms with E-state index in [1.54, 1.807) is 6.07 Å². The molecule has 0 aliphatic rings. The van der Waals surface area contributed by atoms with Crippen LogP contribution in [0.25, 0.3) is 10.9 Å². The summed E-state index contributed by atoms with van der Waals surface area (Å²) in [7, 11) is 0.